The molecule has 0 bridgehead atoms. The number of fused-ring (bicyclic) bond motifs is 6. The molecule has 6 rings (SSSR count). The van der Waals surface area contributed by atoms with Crippen molar-refractivity contribution in [2.24, 2.45) is 0 Å². The number of benzene rings is 4. The van der Waals surface area contributed by atoms with Gasteiger partial charge in [-0.1, -0.05) is 36.4 Å². The Morgan fingerprint density at radius 1 is 0.833 bits per heavy atom. The van der Waals surface area contributed by atoms with Gasteiger partial charge in [-0.25, -0.2) is 4.79 Å². The summed E-state index contributed by atoms with van der Waals surface area (Å²) >= 11 is 5.45. The van der Waals surface area contributed by atoms with Gasteiger partial charge in [0.2, 0.25) is 4.38 Å². The Morgan fingerprint density at radius 2 is 1.50 bits per heavy atom. The highest BCUT2D eigenvalue weighted by Gasteiger charge is 2.53. The van der Waals surface area contributed by atoms with E-state index in [-0.39, 0.29) is 5.97 Å². The number of esters is 1. The molecule has 0 N–H and O–H groups in total. The van der Waals surface area contributed by atoms with Crippen molar-refractivity contribution in [1.82, 2.24) is 0 Å². The second-order valence-corrected chi connectivity index (χ2v) is 10.9. The highest BCUT2D eigenvalue weighted by atomic mass is 33.1. The van der Waals surface area contributed by atoms with Crippen LogP contribution in [0.15, 0.2) is 95.9 Å². The highest BCUT2D eigenvalue weighted by molar-refractivity contribution is 8.83. The van der Waals surface area contributed by atoms with E-state index < -0.39 is 5.60 Å². The second kappa shape index (κ2) is 9.20. The summed E-state index contributed by atoms with van der Waals surface area (Å²) in [5, 5.41) is 0. The van der Waals surface area contributed by atoms with E-state index in [0.717, 1.165) is 16.0 Å². The Balaban J connectivity index is 1.38. The van der Waals surface area contributed by atoms with Crippen molar-refractivity contribution in [3.8, 4) is 23.0 Å². The minimum Gasteiger partial charge on any atom is -0.497 e. The van der Waals surface area contributed by atoms with E-state index in [1.165, 1.54) is 21.6 Å². The van der Waals surface area contributed by atoms with Crippen LogP contribution in [0, 0.1) is 0 Å². The molecule has 0 amide bonds. The third kappa shape index (κ3) is 3.82. The Hall–Kier alpha value is -3.46. The number of hydrogen-bond acceptors (Lipinski definition) is 8. The van der Waals surface area contributed by atoms with Crippen molar-refractivity contribution in [2.45, 2.75) is 10.5 Å². The van der Waals surface area contributed by atoms with E-state index >= 15 is 0 Å². The first kappa shape index (κ1) is 23.0. The van der Waals surface area contributed by atoms with Gasteiger partial charge in [0.1, 0.15) is 23.0 Å². The molecule has 0 aliphatic carbocycles. The number of thiocarbonyl (C=S) groups is 1. The lowest BCUT2D eigenvalue weighted by Crippen LogP contribution is -2.33. The molecule has 1 spiro atoms. The lowest BCUT2D eigenvalue weighted by molar-refractivity contribution is 0.0224. The van der Waals surface area contributed by atoms with Crippen LogP contribution in [0.4, 0.5) is 0 Å². The average Bonchev–Trinajstić information content (AvgIpc) is 3.20. The van der Waals surface area contributed by atoms with Crippen LogP contribution in [0.25, 0.3) is 0 Å². The van der Waals surface area contributed by atoms with Gasteiger partial charge in [0.25, 0.3) is 0 Å². The maximum atomic E-state index is 12.9. The first-order valence-electron chi connectivity index (χ1n) is 11.0. The molecule has 1 unspecified atom stereocenters. The summed E-state index contributed by atoms with van der Waals surface area (Å²) < 4.78 is 24.2. The molecule has 8 heteroatoms. The van der Waals surface area contributed by atoms with E-state index in [4.69, 9.17) is 31.2 Å². The molecule has 2 heterocycles. The average molecular weight is 531 g/mol. The first-order valence-corrected chi connectivity index (χ1v) is 13.6. The van der Waals surface area contributed by atoms with Gasteiger partial charge in [-0.2, -0.15) is 0 Å². The lowest BCUT2D eigenvalue weighted by Gasteiger charge is -2.36. The molecule has 4 aromatic carbocycles. The van der Waals surface area contributed by atoms with Crippen molar-refractivity contribution in [1.29, 1.82) is 0 Å². The van der Waals surface area contributed by atoms with Gasteiger partial charge in [-0.05, 0) is 76.3 Å². The maximum Gasteiger partial charge on any atom is 0.340 e. The van der Waals surface area contributed by atoms with Gasteiger partial charge in [-0.3, -0.25) is 0 Å². The summed E-state index contributed by atoms with van der Waals surface area (Å²) in [6, 6.07) is 28.3. The molecule has 1 atom stereocenters. The summed E-state index contributed by atoms with van der Waals surface area (Å²) in [6.07, 6.45) is 0. The van der Waals surface area contributed by atoms with Gasteiger partial charge in [0, 0.05) is 33.7 Å². The fourth-order valence-corrected chi connectivity index (χ4v) is 6.39. The van der Waals surface area contributed by atoms with Gasteiger partial charge >= 0.3 is 5.97 Å². The number of methoxy groups -OCH3 is 1. The van der Waals surface area contributed by atoms with Crippen LogP contribution in [0.5, 0.6) is 23.0 Å². The molecular weight excluding hydrogens is 513 g/mol. The van der Waals surface area contributed by atoms with Crippen LogP contribution in [0.3, 0.4) is 0 Å². The van der Waals surface area contributed by atoms with E-state index in [1.807, 2.05) is 72.8 Å². The summed E-state index contributed by atoms with van der Waals surface area (Å²) in [5.41, 5.74) is 1.60. The summed E-state index contributed by atoms with van der Waals surface area (Å²) in [4.78, 5) is 14.0. The van der Waals surface area contributed by atoms with Crippen molar-refractivity contribution < 1.29 is 23.7 Å². The van der Waals surface area contributed by atoms with Crippen LogP contribution < -0.4 is 14.2 Å². The summed E-state index contributed by atoms with van der Waals surface area (Å²) in [5.74, 6) is 1.84. The fourth-order valence-electron chi connectivity index (χ4n) is 4.50. The second-order valence-electron chi connectivity index (χ2n) is 8.07. The Labute approximate surface area is 221 Å². The molecule has 5 nitrogen and oxygen atoms in total. The van der Waals surface area contributed by atoms with E-state index in [2.05, 4.69) is 0 Å². The first-order chi connectivity index (χ1) is 17.6. The van der Waals surface area contributed by atoms with Crippen LogP contribution in [-0.2, 0) is 10.3 Å². The molecule has 4 aromatic rings. The highest BCUT2D eigenvalue weighted by Crippen LogP contribution is 2.57. The smallest absolute Gasteiger partial charge is 0.340 e. The molecule has 178 valence electrons. The number of carbonyl (C=O) groups is 1. The van der Waals surface area contributed by atoms with Gasteiger partial charge < -0.3 is 18.9 Å². The molecule has 0 aromatic heterocycles. The molecule has 36 heavy (non-hydrogen) atoms. The van der Waals surface area contributed by atoms with Crippen LogP contribution >= 0.6 is 33.8 Å². The number of carbonyl (C=O) groups excluding carboxylic acids is 1. The number of ether oxygens (including phenoxy) is 4. The Kier molecular flexibility index (Phi) is 5.87. The molecule has 0 saturated heterocycles. The van der Waals surface area contributed by atoms with Gasteiger partial charge in [-0.15, -0.1) is 0 Å². The predicted molar refractivity (Wildman–Crippen MR) is 144 cm³/mol. The van der Waals surface area contributed by atoms with Crippen molar-refractivity contribution in [3.05, 3.63) is 113 Å². The fraction of sp³-hybridized carbons (Fsp3) is 0.0714. The molecule has 0 fully saturated rings. The molecule has 0 radical (unpaired) electrons. The van der Waals surface area contributed by atoms with Crippen LogP contribution in [0.1, 0.15) is 27.0 Å². The largest absolute Gasteiger partial charge is 0.497 e. The Bertz CT molecular complexity index is 1500. The van der Waals surface area contributed by atoms with Crippen molar-refractivity contribution >= 4 is 44.2 Å². The third-order valence-electron chi connectivity index (χ3n) is 6.04. The molecular formula is C28H18O5S3. The zero-order chi connectivity index (χ0) is 24.7. The Morgan fingerprint density at radius 3 is 2.25 bits per heavy atom. The van der Waals surface area contributed by atoms with E-state index in [1.54, 1.807) is 25.3 Å². The van der Waals surface area contributed by atoms with E-state index in [9.17, 15) is 4.79 Å². The summed E-state index contributed by atoms with van der Waals surface area (Å²) in [6.45, 7) is 0. The maximum absolute atomic E-state index is 12.9. The van der Waals surface area contributed by atoms with Crippen molar-refractivity contribution in [2.75, 3.05) is 7.11 Å². The number of hydrogen-bond donors (Lipinski definition) is 0. The predicted octanol–water partition coefficient (Wildman–Crippen LogP) is 7.37. The topological polar surface area (TPSA) is 54.0 Å². The van der Waals surface area contributed by atoms with Crippen LogP contribution in [-0.4, -0.2) is 17.5 Å². The summed E-state index contributed by atoms with van der Waals surface area (Å²) in [7, 11) is 4.49. The minimum atomic E-state index is -1.14. The lowest BCUT2D eigenvalue weighted by atomic mass is 9.77. The quantitative estimate of drug-likeness (QED) is 0.154. The standard InChI is InChI=1S/C28H18O5S3/c1-30-17-11-13-22-24(15-17)32-25-16-18(31-27(34)36-35-19-7-3-2-4-8-19)12-14-23(25)28(22)21-10-6-5-9-20(21)26(29)33-28/h2-16H,1H3. The molecule has 2 aliphatic heterocycles. The van der Waals surface area contributed by atoms with Crippen LogP contribution in [0.2, 0.25) is 0 Å². The third-order valence-corrected chi connectivity index (χ3v) is 8.74. The SMILES string of the molecule is COc1ccc2c(c1)Oc1cc(OC(=S)SSc3ccccc3)ccc1C21OC(=O)c2ccccc21. The molecule has 2 aliphatic rings. The van der Waals surface area contributed by atoms with Gasteiger partial charge in [0.15, 0.2) is 5.60 Å². The van der Waals surface area contributed by atoms with Gasteiger partial charge in [0.05, 0.1) is 12.7 Å². The number of rotatable bonds is 4. The normalized spacial score (nSPS) is 16.9. The monoisotopic (exact) mass is 530 g/mol. The zero-order valence-corrected chi connectivity index (χ0v) is 21.4. The minimum absolute atomic E-state index is 0.369. The van der Waals surface area contributed by atoms with E-state index in [0.29, 0.717) is 38.5 Å². The molecule has 0 saturated carbocycles. The van der Waals surface area contributed by atoms with Crippen molar-refractivity contribution in [3.63, 3.8) is 0 Å². The zero-order valence-electron chi connectivity index (χ0n) is 18.9.